The molecule has 408 valence electrons. The summed E-state index contributed by atoms with van der Waals surface area (Å²) in [6.07, 6.45) is 26.4. The number of allylic oxidation sites excluding steroid dienone is 3. The standard InChI is InChI=1S/C65H87N5O6/c1-42(72)38-69-61-37-64(36-57-55-21-25-67-39-51(55)28-48-14-9-24-68-63(48)57)35-46(18-20-60(64)65(61)22-6-7-23-65)27-53(73)33-54(74)30-52(41-71)56-34-59(76-2)58(75)31-49(56)29-50-40-70-62(66)32-47(50)19-17-45-13-8-12-44(26-45)16-15-43-10-4-3-5-11-43/h3-5,8-14,26,30-32,34,40,42,46,48,51,55,57,60-63,67-72,75H,6-7,15-25,27-29,33,35-39,41,66H2,1-2H3. The van der Waals surface area contributed by atoms with Gasteiger partial charge in [-0.05, 0) is 225 Å². The molecule has 5 fully saturated rings. The number of rotatable bonds is 21. The molecule has 1 saturated heterocycles. The van der Waals surface area contributed by atoms with Crippen molar-refractivity contribution in [1.82, 2.24) is 21.3 Å². The van der Waals surface area contributed by atoms with Gasteiger partial charge in [-0.3, -0.25) is 9.59 Å². The van der Waals surface area contributed by atoms with Gasteiger partial charge in [-0.1, -0.05) is 79.6 Å². The number of carbonyl (C=O) groups is 2. The highest BCUT2D eigenvalue weighted by Gasteiger charge is 2.64. The number of phenolic OH excluding ortho intramolecular Hbond substituents is 1. The number of aryl methyl sites for hydroxylation is 3. The summed E-state index contributed by atoms with van der Waals surface area (Å²) >= 11 is 0. The molecule has 3 aliphatic heterocycles. The lowest BCUT2D eigenvalue weighted by atomic mass is 9.52. The number of ketones is 2. The number of nitrogens with one attached hydrogen (secondary N) is 4. The van der Waals surface area contributed by atoms with E-state index in [1.165, 1.54) is 74.8 Å². The lowest BCUT2D eigenvalue weighted by Gasteiger charge is -2.55. The lowest BCUT2D eigenvalue weighted by Crippen LogP contribution is -2.57. The van der Waals surface area contributed by atoms with E-state index in [4.69, 9.17) is 10.5 Å². The van der Waals surface area contributed by atoms with Crippen LogP contribution in [-0.2, 0) is 35.3 Å². The Balaban J connectivity index is 0.844. The number of ether oxygens (including phenoxy) is 1. The fourth-order valence-electron chi connectivity index (χ4n) is 16.5. The van der Waals surface area contributed by atoms with Gasteiger partial charge in [-0.2, -0.15) is 0 Å². The second-order valence-electron chi connectivity index (χ2n) is 24.5. The molecule has 7 aliphatic rings. The van der Waals surface area contributed by atoms with Crippen molar-refractivity contribution in [3.8, 4) is 11.5 Å². The largest absolute Gasteiger partial charge is 0.504 e. The number of piperidine rings is 1. The van der Waals surface area contributed by atoms with Gasteiger partial charge in [-0.25, -0.2) is 0 Å². The molecule has 11 unspecified atom stereocenters. The number of aliphatic hydroxyl groups excluding tert-OH is 2. The molecule has 3 aromatic carbocycles. The zero-order chi connectivity index (χ0) is 52.8. The van der Waals surface area contributed by atoms with E-state index in [9.17, 15) is 24.9 Å². The molecule has 3 heterocycles. The van der Waals surface area contributed by atoms with Crippen LogP contribution in [0.2, 0.25) is 0 Å². The molecule has 0 bridgehead atoms. The number of Topliss-reactive ketones (excluding diaryl/α,β-unsaturated/α-hetero) is 1. The molecule has 11 atom stereocenters. The normalized spacial score (nSPS) is 30.1. The molecule has 4 aliphatic carbocycles. The van der Waals surface area contributed by atoms with Crippen LogP contribution in [0, 0.1) is 46.3 Å². The second-order valence-corrected chi connectivity index (χ2v) is 24.5. The number of phenols is 1. The first-order valence-electron chi connectivity index (χ1n) is 29.2. The van der Waals surface area contributed by atoms with E-state index in [1.807, 2.05) is 19.2 Å². The highest BCUT2D eigenvalue weighted by Crippen LogP contribution is 2.69. The molecule has 4 saturated carbocycles. The van der Waals surface area contributed by atoms with Crippen molar-refractivity contribution in [3.05, 3.63) is 136 Å². The van der Waals surface area contributed by atoms with Crippen LogP contribution in [-0.4, -0.2) is 91.1 Å². The summed E-state index contributed by atoms with van der Waals surface area (Å²) in [5.74, 6) is 3.06. The Morgan fingerprint density at radius 3 is 2.50 bits per heavy atom. The molecule has 11 heteroatoms. The SMILES string of the molecule is COc1cc(C(=CC(=O)CC(=O)CC2CCC3C(CC4C5CCNCC5CC5C=CCNC54)(C2)CC(NCC(C)O)C32CCCC2)CO)c(CC2=CNC(N)C=C2CCc2cccc(CCc3ccccc3)c2)cc1O. The number of benzene rings is 3. The van der Waals surface area contributed by atoms with Gasteiger partial charge in [-0.15, -0.1) is 0 Å². The minimum Gasteiger partial charge on any atom is -0.504 e. The summed E-state index contributed by atoms with van der Waals surface area (Å²) in [7, 11) is 1.49. The summed E-state index contributed by atoms with van der Waals surface area (Å²) < 4.78 is 5.58. The first kappa shape index (κ1) is 54.5. The predicted octanol–water partition coefficient (Wildman–Crippen LogP) is 8.84. The molecule has 0 amide bonds. The summed E-state index contributed by atoms with van der Waals surface area (Å²) in [6, 6.07) is 23.5. The average Bonchev–Trinajstić information content (AvgIpc) is 4.10. The van der Waals surface area contributed by atoms with Crippen LogP contribution >= 0.6 is 0 Å². The highest BCUT2D eigenvalue weighted by atomic mass is 16.5. The molecule has 9 N–H and O–H groups in total. The van der Waals surface area contributed by atoms with Crippen molar-refractivity contribution in [1.29, 1.82) is 0 Å². The molecular weight excluding hydrogens is 947 g/mol. The van der Waals surface area contributed by atoms with Crippen molar-refractivity contribution in [2.45, 2.75) is 147 Å². The molecular formula is C65H87N5O6. The lowest BCUT2D eigenvalue weighted by molar-refractivity contribution is -0.126. The van der Waals surface area contributed by atoms with Gasteiger partial charge in [0.15, 0.2) is 17.3 Å². The van der Waals surface area contributed by atoms with Crippen LogP contribution in [0.5, 0.6) is 11.5 Å². The summed E-state index contributed by atoms with van der Waals surface area (Å²) in [5.41, 5.74) is 14.4. The maximum atomic E-state index is 14.3. The van der Waals surface area contributed by atoms with Crippen molar-refractivity contribution in [3.63, 3.8) is 0 Å². The van der Waals surface area contributed by atoms with Gasteiger partial charge < -0.3 is 47.1 Å². The van der Waals surface area contributed by atoms with Crippen LogP contribution in [0.3, 0.4) is 0 Å². The smallest absolute Gasteiger partial charge is 0.163 e. The monoisotopic (exact) mass is 1030 g/mol. The number of hydrogen-bond acceptors (Lipinski definition) is 11. The van der Waals surface area contributed by atoms with Crippen LogP contribution < -0.4 is 31.7 Å². The van der Waals surface area contributed by atoms with E-state index >= 15 is 0 Å². The first-order chi connectivity index (χ1) is 36.9. The third kappa shape index (κ3) is 12.2. The second kappa shape index (κ2) is 24.4. The quantitative estimate of drug-likeness (QED) is 0.0291. The van der Waals surface area contributed by atoms with Crippen molar-refractivity contribution < 1.29 is 29.6 Å². The Bertz CT molecular complexity index is 2640. The number of fused-ring (bicyclic) bond motifs is 4. The van der Waals surface area contributed by atoms with Gasteiger partial charge in [0.25, 0.3) is 0 Å². The maximum absolute atomic E-state index is 14.3. The number of nitrogens with two attached hydrogens (primary N) is 1. The zero-order valence-corrected chi connectivity index (χ0v) is 45.4. The summed E-state index contributed by atoms with van der Waals surface area (Å²) in [5, 5.41) is 47.7. The van der Waals surface area contributed by atoms with Crippen LogP contribution in [0.25, 0.3) is 5.57 Å². The fraction of sp³-hybridized carbons (Fsp3) is 0.569. The molecule has 0 radical (unpaired) electrons. The number of carbonyl (C=O) groups excluding carboxylic acids is 2. The highest BCUT2D eigenvalue weighted by molar-refractivity contribution is 6.07. The maximum Gasteiger partial charge on any atom is 0.163 e. The van der Waals surface area contributed by atoms with E-state index in [0.29, 0.717) is 72.2 Å². The van der Waals surface area contributed by atoms with E-state index < -0.39 is 12.7 Å². The van der Waals surface area contributed by atoms with E-state index in [1.54, 1.807) is 12.1 Å². The van der Waals surface area contributed by atoms with Gasteiger partial charge in [0.2, 0.25) is 0 Å². The molecule has 10 rings (SSSR count). The predicted molar refractivity (Wildman–Crippen MR) is 302 cm³/mol. The Morgan fingerprint density at radius 2 is 1.72 bits per heavy atom. The van der Waals surface area contributed by atoms with E-state index in [0.717, 1.165) is 87.7 Å². The molecule has 1 spiro atoms. The van der Waals surface area contributed by atoms with Crippen molar-refractivity contribution >= 4 is 17.1 Å². The number of aromatic hydroxyl groups is 1. The Kier molecular flexibility index (Phi) is 17.5. The topological polar surface area (TPSA) is 178 Å². The van der Waals surface area contributed by atoms with Crippen molar-refractivity contribution in [2.75, 3.05) is 39.9 Å². The fourth-order valence-corrected chi connectivity index (χ4v) is 16.5. The molecule has 0 aromatic heterocycles. The van der Waals surface area contributed by atoms with Crippen LogP contribution in [0.15, 0.2) is 108 Å². The number of aliphatic hydroxyl groups is 2. The molecule has 76 heavy (non-hydrogen) atoms. The van der Waals surface area contributed by atoms with Gasteiger partial charge >= 0.3 is 0 Å². The van der Waals surface area contributed by atoms with E-state index in [-0.39, 0.29) is 52.4 Å². The number of dihydropyridines is 1. The Labute approximate surface area is 452 Å². The average molecular weight is 1030 g/mol. The van der Waals surface area contributed by atoms with Crippen molar-refractivity contribution in [2.24, 2.45) is 52.1 Å². The minimum atomic E-state index is -0.434. The first-order valence-corrected chi connectivity index (χ1v) is 29.2. The zero-order valence-electron chi connectivity index (χ0n) is 45.4. The summed E-state index contributed by atoms with van der Waals surface area (Å²) in [6.45, 7) is 5.18. The van der Waals surface area contributed by atoms with Crippen LogP contribution in [0.4, 0.5) is 0 Å². The molecule has 11 nitrogen and oxygen atoms in total. The number of hydrogen-bond donors (Lipinski definition) is 8. The third-order valence-corrected chi connectivity index (χ3v) is 19.7. The van der Waals surface area contributed by atoms with Gasteiger partial charge in [0.05, 0.1) is 32.4 Å². The van der Waals surface area contributed by atoms with Gasteiger partial charge in [0, 0.05) is 37.8 Å². The van der Waals surface area contributed by atoms with E-state index in [2.05, 4.69) is 88.0 Å². The minimum absolute atomic E-state index is 0.0386. The third-order valence-electron chi connectivity index (χ3n) is 19.7. The summed E-state index contributed by atoms with van der Waals surface area (Å²) in [4.78, 5) is 28.5. The Morgan fingerprint density at radius 1 is 0.947 bits per heavy atom. The Hall–Kier alpha value is -4.88. The van der Waals surface area contributed by atoms with Crippen LogP contribution in [0.1, 0.15) is 125 Å². The molecule has 3 aromatic rings. The van der Waals surface area contributed by atoms with Gasteiger partial charge in [0.1, 0.15) is 5.78 Å². The number of methoxy groups -OCH3 is 1.